The molecule has 1 aromatic rings. The summed E-state index contributed by atoms with van der Waals surface area (Å²) >= 11 is 1.50. The van der Waals surface area contributed by atoms with Gasteiger partial charge in [0.15, 0.2) is 5.82 Å². The van der Waals surface area contributed by atoms with Gasteiger partial charge in [-0.3, -0.25) is 9.36 Å². The van der Waals surface area contributed by atoms with Crippen molar-refractivity contribution in [2.75, 3.05) is 23.1 Å². The molecule has 0 fully saturated rings. The van der Waals surface area contributed by atoms with Gasteiger partial charge in [-0.1, -0.05) is 0 Å². The summed E-state index contributed by atoms with van der Waals surface area (Å²) in [7, 11) is 1.35. The number of aliphatic carboxylic acids is 1. The predicted octanol–water partition coefficient (Wildman–Crippen LogP) is 0.379. The van der Waals surface area contributed by atoms with Crippen LogP contribution in [0.1, 0.15) is 6.42 Å². The first-order chi connectivity index (χ1) is 9.42. The molecular weight excluding hydrogens is 286 g/mol. The number of nitrogens with one attached hydrogen (secondary N) is 1. The van der Waals surface area contributed by atoms with Crippen LogP contribution >= 0.6 is 11.8 Å². The third-order valence-electron chi connectivity index (χ3n) is 2.60. The Morgan fingerprint density at radius 3 is 2.80 bits per heavy atom. The molecule has 20 heavy (non-hydrogen) atoms. The van der Waals surface area contributed by atoms with Crippen molar-refractivity contribution >= 4 is 35.2 Å². The van der Waals surface area contributed by atoms with Crippen molar-refractivity contribution in [2.24, 2.45) is 12.2 Å². The topological polar surface area (TPSA) is 140 Å². The second-order valence-corrected chi connectivity index (χ2v) is 4.93. The van der Waals surface area contributed by atoms with Crippen molar-refractivity contribution in [3.63, 3.8) is 0 Å². The molecule has 0 aliphatic rings. The van der Waals surface area contributed by atoms with Crippen LogP contribution in [0.5, 0.6) is 0 Å². The Hall–Kier alpha value is -2.10. The second kappa shape index (κ2) is 6.89. The zero-order valence-electron chi connectivity index (χ0n) is 11.0. The Kier molecular flexibility index (Phi) is 5.50. The highest BCUT2D eigenvalue weighted by Gasteiger charge is 2.20. The average Bonchev–Trinajstić information content (AvgIpc) is 2.40. The maximum atomic E-state index is 11.8. The van der Waals surface area contributed by atoms with Crippen molar-refractivity contribution in [3.05, 3.63) is 15.3 Å². The zero-order valence-corrected chi connectivity index (χ0v) is 11.8. The van der Waals surface area contributed by atoms with Crippen molar-refractivity contribution in [3.8, 4) is 0 Å². The number of rotatable bonds is 7. The van der Waals surface area contributed by atoms with Crippen molar-refractivity contribution in [2.45, 2.75) is 12.5 Å². The minimum atomic E-state index is -1.07. The van der Waals surface area contributed by atoms with Crippen LogP contribution in [0.25, 0.3) is 0 Å². The largest absolute Gasteiger partial charge is 0.480 e. The Labute approximate surface area is 118 Å². The van der Waals surface area contributed by atoms with Crippen LogP contribution in [-0.4, -0.2) is 38.7 Å². The minimum absolute atomic E-state index is 0.0200. The summed E-state index contributed by atoms with van der Waals surface area (Å²) < 4.78 is 1.00. The first-order valence-electron chi connectivity index (χ1n) is 5.60. The first kappa shape index (κ1) is 16.0. The van der Waals surface area contributed by atoms with E-state index in [0.29, 0.717) is 12.2 Å². The van der Waals surface area contributed by atoms with Crippen LogP contribution in [0.2, 0.25) is 0 Å². The van der Waals surface area contributed by atoms with Gasteiger partial charge in [-0.25, -0.2) is 4.79 Å². The Bertz CT molecular complexity index is 574. The second-order valence-electron chi connectivity index (χ2n) is 3.94. The van der Waals surface area contributed by atoms with Gasteiger partial charge < -0.3 is 16.2 Å². The smallest absolute Gasteiger partial charge is 0.326 e. The van der Waals surface area contributed by atoms with Gasteiger partial charge in [-0.2, -0.15) is 16.7 Å². The minimum Gasteiger partial charge on any atom is -0.480 e. The average molecular weight is 301 g/mol. The quantitative estimate of drug-likeness (QED) is 0.614. The molecule has 0 aromatic carbocycles. The van der Waals surface area contributed by atoms with Crippen LogP contribution < -0.4 is 16.6 Å². The van der Waals surface area contributed by atoms with E-state index in [4.69, 9.17) is 10.8 Å². The van der Waals surface area contributed by atoms with E-state index in [-0.39, 0.29) is 11.8 Å². The number of nitrogens with two attached hydrogens (primary N) is 1. The third-order valence-corrected chi connectivity index (χ3v) is 3.24. The lowest BCUT2D eigenvalue weighted by atomic mass is 10.2. The molecule has 110 valence electrons. The van der Waals surface area contributed by atoms with Gasteiger partial charge in [0.05, 0.1) is 0 Å². The lowest BCUT2D eigenvalue weighted by Gasteiger charge is -2.17. The van der Waals surface area contributed by atoms with E-state index >= 15 is 0 Å². The molecule has 0 bridgehead atoms. The zero-order chi connectivity index (χ0) is 15.3. The molecule has 9 nitrogen and oxygen atoms in total. The molecule has 1 heterocycles. The fourth-order valence-electron chi connectivity index (χ4n) is 1.47. The summed E-state index contributed by atoms with van der Waals surface area (Å²) in [6, 6.07) is -0.907. The van der Waals surface area contributed by atoms with E-state index in [1.807, 2.05) is 6.26 Å². The SMILES string of the molecule is CSCCC(Nc1nc(N)c(N=O)c(=O)n1C)C(=O)O. The van der Waals surface area contributed by atoms with Crippen LogP contribution in [0, 0.1) is 4.91 Å². The molecule has 0 spiro atoms. The number of carbonyl (C=O) groups is 1. The molecule has 1 aromatic heterocycles. The van der Waals surface area contributed by atoms with Crippen LogP contribution in [0.3, 0.4) is 0 Å². The monoisotopic (exact) mass is 301 g/mol. The van der Waals surface area contributed by atoms with Crippen LogP contribution in [-0.2, 0) is 11.8 Å². The van der Waals surface area contributed by atoms with Crippen molar-refractivity contribution in [1.82, 2.24) is 9.55 Å². The Morgan fingerprint density at radius 2 is 2.30 bits per heavy atom. The number of carboxylic acid groups (broad SMARTS) is 1. The van der Waals surface area contributed by atoms with Crippen molar-refractivity contribution < 1.29 is 9.90 Å². The number of hydrogen-bond donors (Lipinski definition) is 3. The molecule has 0 aliphatic heterocycles. The van der Waals surface area contributed by atoms with Gasteiger partial charge in [0, 0.05) is 7.05 Å². The van der Waals surface area contributed by atoms with Gasteiger partial charge in [0.2, 0.25) is 11.6 Å². The van der Waals surface area contributed by atoms with Crippen LogP contribution in [0.15, 0.2) is 9.97 Å². The maximum absolute atomic E-state index is 11.8. The van der Waals surface area contributed by atoms with E-state index in [9.17, 15) is 14.5 Å². The van der Waals surface area contributed by atoms with Gasteiger partial charge in [-0.05, 0) is 23.6 Å². The van der Waals surface area contributed by atoms with E-state index in [1.54, 1.807) is 0 Å². The number of hydrogen-bond acceptors (Lipinski definition) is 8. The van der Waals surface area contributed by atoms with Gasteiger partial charge in [0.25, 0.3) is 5.56 Å². The molecule has 0 saturated heterocycles. The number of nitrogen functional groups attached to an aromatic ring is 1. The molecule has 10 heteroatoms. The highest BCUT2D eigenvalue weighted by atomic mass is 32.2. The summed E-state index contributed by atoms with van der Waals surface area (Å²) in [5.74, 6) is -0.793. The molecule has 0 amide bonds. The summed E-state index contributed by atoms with van der Waals surface area (Å²) in [5.41, 5.74) is 4.22. The number of nitroso groups, excluding NO2 is 1. The van der Waals surface area contributed by atoms with Crippen molar-refractivity contribution in [1.29, 1.82) is 0 Å². The highest BCUT2D eigenvalue weighted by Crippen LogP contribution is 2.17. The Balaban J connectivity index is 3.11. The van der Waals surface area contributed by atoms with Gasteiger partial charge in [-0.15, -0.1) is 4.91 Å². The number of nitrogens with zero attached hydrogens (tertiary/aromatic N) is 3. The molecule has 0 radical (unpaired) electrons. The fourth-order valence-corrected chi connectivity index (χ4v) is 1.94. The van der Waals surface area contributed by atoms with E-state index < -0.39 is 23.3 Å². The standard InChI is InChI=1S/C10H15N5O4S/c1-15-8(16)6(14-19)7(11)13-10(15)12-5(9(17)18)3-4-20-2/h5H,3-4,11H2,1-2H3,(H,12,13)(H,17,18). The molecule has 0 aliphatic carbocycles. The normalized spacial score (nSPS) is 11.9. The maximum Gasteiger partial charge on any atom is 0.326 e. The molecule has 1 atom stereocenters. The summed E-state index contributed by atoms with van der Waals surface area (Å²) in [5, 5.41) is 14.3. The Morgan fingerprint density at radius 1 is 1.65 bits per heavy atom. The van der Waals surface area contributed by atoms with Gasteiger partial charge >= 0.3 is 5.97 Å². The van der Waals surface area contributed by atoms with E-state index in [2.05, 4.69) is 15.5 Å². The lowest BCUT2D eigenvalue weighted by molar-refractivity contribution is -0.137. The lowest BCUT2D eigenvalue weighted by Crippen LogP contribution is -2.34. The molecule has 4 N–H and O–H groups in total. The number of carboxylic acids is 1. The highest BCUT2D eigenvalue weighted by molar-refractivity contribution is 7.98. The van der Waals surface area contributed by atoms with E-state index in [0.717, 1.165) is 4.57 Å². The number of thioether (sulfide) groups is 1. The van der Waals surface area contributed by atoms with Crippen LogP contribution in [0.4, 0.5) is 17.5 Å². The fraction of sp³-hybridized carbons (Fsp3) is 0.500. The summed E-state index contributed by atoms with van der Waals surface area (Å²) in [4.78, 5) is 37.2. The van der Waals surface area contributed by atoms with E-state index in [1.165, 1.54) is 18.8 Å². The number of anilines is 2. The predicted molar refractivity (Wildman–Crippen MR) is 77.4 cm³/mol. The molecule has 1 unspecified atom stereocenters. The summed E-state index contributed by atoms with van der Waals surface area (Å²) in [6.07, 6.45) is 2.20. The molecule has 1 rings (SSSR count). The molecule has 0 saturated carbocycles. The third kappa shape index (κ3) is 3.47. The molecular formula is C10H15N5O4S. The summed E-state index contributed by atoms with van der Waals surface area (Å²) in [6.45, 7) is 0. The number of aromatic nitrogens is 2. The van der Waals surface area contributed by atoms with Gasteiger partial charge in [0.1, 0.15) is 6.04 Å². The first-order valence-corrected chi connectivity index (χ1v) is 6.99.